The largest absolute Gasteiger partial charge is 0.277 e. The van der Waals surface area contributed by atoms with E-state index in [1.54, 1.807) is 27.7 Å². The molecule has 6 nitrogen and oxygen atoms in total. The topological polar surface area (TPSA) is 62.9 Å². The molecular weight excluding hydrogens is 410 g/mol. The minimum Gasteiger partial charge on any atom is -0.277 e. The van der Waals surface area contributed by atoms with Gasteiger partial charge in [0, 0.05) is 17.5 Å². The molecule has 4 aromatic rings. The van der Waals surface area contributed by atoms with E-state index in [4.69, 9.17) is 5.10 Å². The molecule has 0 aromatic carbocycles. The van der Waals surface area contributed by atoms with Crippen LogP contribution in [-0.2, 0) is 4.79 Å². The summed E-state index contributed by atoms with van der Waals surface area (Å²) in [6, 6.07) is 13.8. The number of rotatable bonds is 5. The maximum Gasteiger partial charge on any atom is 0.253 e. The van der Waals surface area contributed by atoms with Crippen molar-refractivity contribution in [1.82, 2.24) is 19.6 Å². The molecule has 1 aliphatic heterocycles. The van der Waals surface area contributed by atoms with Crippen LogP contribution in [0.2, 0.25) is 0 Å². The Hall–Kier alpha value is -2.49. The van der Waals surface area contributed by atoms with Gasteiger partial charge in [0.15, 0.2) is 10.8 Å². The second-order valence-electron chi connectivity index (χ2n) is 6.20. The summed E-state index contributed by atoms with van der Waals surface area (Å²) in [4.78, 5) is 15.3. The average molecular weight is 426 g/mol. The van der Waals surface area contributed by atoms with E-state index in [-0.39, 0.29) is 17.7 Å². The lowest BCUT2D eigenvalue weighted by Crippen LogP contribution is -2.28. The molecule has 28 heavy (non-hydrogen) atoms. The van der Waals surface area contributed by atoms with Crippen molar-refractivity contribution in [3.63, 3.8) is 0 Å². The smallest absolute Gasteiger partial charge is 0.253 e. The van der Waals surface area contributed by atoms with Gasteiger partial charge in [0.2, 0.25) is 0 Å². The monoisotopic (exact) mass is 425 g/mol. The van der Waals surface area contributed by atoms with Crippen molar-refractivity contribution in [2.24, 2.45) is 5.10 Å². The van der Waals surface area contributed by atoms with Gasteiger partial charge in [-0.2, -0.15) is 5.10 Å². The standard InChI is InChI=1S/C19H15N5OS3/c25-18(12-28-19-21-20-17-7-1-2-8-23(17)19)24-14(16-6-4-10-27-16)11-13(22-24)15-5-3-9-26-15/h1-10,14H,11-12H2. The van der Waals surface area contributed by atoms with Crippen molar-refractivity contribution in [3.05, 3.63) is 69.2 Å². The first-order valence-electron chi connectivity index (χ1n) is 8.69. The predicted octanol–water partition coefficient (Wildman–Crippen LogP) is 4.32. The lowest BCUT2D eigenvalue weighted by molar-refractivity contribution is -0.130. The van der Waals surface area contributed by atoms with Crippen LogP contribution in [0.3, 0.4) is 0 Å². The molecule has 1 amide bonds. The van der Waals surface area contributed by atoms with Crippen LogP contribution in [-0.4, -0.2) is 37.0 Å². The summed E-state index contributed by atoms with van der Waals surface area (Å²) in [5.41, 5.74) is 1.74. The van der Waals surface area contributed by atoms with Crippen molar-refractivity contribution >= 4 is 51.7 Å². The number of fused-ring (bicyclic) bond motifs is 1. The van der Waals surface area contributed by atoms with Crippen LogP contribution in [0, 0.1) is 0 Å². The summed E-state index contributed by atoms with van der Waals surface area (Å²) in [6.07, 6.45) is 2.64. The maximum absolute atomic E-state index is 13.0. The van der Waals surface area contributed by atoms with Gasteiger partial charge >= 0.3 is 0 Å². The van der Waals surface area contributed by atoms with Gasteiger partial charge in [-0.3, -0.25) is 9.20 Å². The van der Waals surface area contributed by atoms with Gasteiger partial charge in [0.05, 0.1) is 22.4 Å². The summed E-state index contributed by atoms with van der Waals surface area (Å²) in [6.45, 7) is 0. The number of pyridine rings is 1. The van der Waals surface area contributed by atoms with Crippen molar-refractivity contribution in [1.29, 1.82) is 0 Å². The first-order chi connectivity index (χ1) is 13.8. The Kier molecular flexibility index (Phi) is 4.71. The Labute approximate surface area is 173 Å². The maximum atomic E-state index is 13.0. The molecule has 1 atom stereocenters. The molecule has 0 fully saturated rings. The second-order valence-corrected chi connectivity index (χ2v) is 9.07. The quantitative estimate of drug-likeness (QED) is 0.447. The van der Waals surface area contributed by atoms with Gasteiger partial charge in [-0.1, -0.05) is 30.0 Å². The van der Waals surface area contributed by atoms with E-state index in [1.165, 1.54) is 11.8 Å². The summed E-state index contributed by atoms with van der Waals surface area (Å²) in [5, 5.41) is 19.5. The third kappa shape index (κ3) is 3.25. The van der Waals surface area contributed by atoms with Gasteiger partial charge in [-0.25, -0.2) is 5.01 Å². The zero-order valence-electron chi connectivity index (χ0n) is 14.6. The Bertz CT molecular complexity index is 1130. The van der Waals surface area contributed by atoms with E-state index in [0.29, 0.717) is 5.16 Å². The van der Waals surface area contributed by atoms with Crippen LogP contribution in [0.25, 0.3) is 5.65 Å². The molecular formula is C19H15N5OS3. The van der Waals surface area contributed by atoms with Gasteiger partial charge in [0.1, 0.15) is 0 Å². The van der Waals surface area contributed by atoms with Crippen LogP contribution in [0.4, 0.5) is 0 Å². The Morgan fingerprint density at radius 1 is 1.11 bits per heavy atom. The van der Waals surface area contributed by atoms with E-state index in [1.807, 2.05) is 51.7 Å². The fourth-order valence-corrected chi connectivity index (χ4v) is 5.45. The molecule has 140 valence electrons. The predicted molar refractivity (Wildman–Crippen MR) is 113 cm³/mol. The minimum atomic E-state index is -0.0413. The molecule has 0 saturated carbocycles. The highest BCUT2D eigenvalue weighted by atomic mass is 32.2. The molecule has 0 spiro atoms. The van der Waals surface area contributed by atoms with Crippen molar-refractivity contribution in [3.8, 4) is 0 Å². The third-order valence-corrected chi connectivity index (χ3v) is 7.27. The Balaban J connectivity index is 1.38. The second kappa shape index (κ2) is 7.50. The third-order valence-electron chi connectivity index (χ3n) is 4.45. The zero-order valence-corrected chi connectivity index (χ0v) is 17.1. The van der Waals surface area contributed by atoms with Crippen molar-refractivity contribution in [2.75, 3.05) is 5.75 Å². The molecule has 1 unspecified atom stereocenters. The summed E-state index contributed by atoms with van der Waals surface area (Å²) in [5.74, 6) is 0.237. The van der Waals surface area contributed by atoms with Crippen LogP contribution < -0.4 is 0 Å². The number of carbonyl (C=O) groups is 1. The van der Waals surface area contributed by atoms with Gasteiger partial charge in [-0.15, -0.1) is 32.9 Å². The summed E-state index contributed by atoms with van der Waals surface area (Å²) in [7, 11) is 0. The summed E-state index contributed by atoms with van der Waals surface area (Å²) >= 11 is 4.70. The molecule has 1 aliphatic rings. The molecule has 0 radical (unpaired) electrons. The zero-order chi connectivity index (χ0) is 18.9. The number of amides is 1. The summed E-state index contributed by atoms with van der Waals surface area (Å²) < 4.78 is 1.89. The SMILES string of the molecule is O=C(CSc1nnc2ccccn12)N1N=C(c2cccs2)CC1c1cccs1. The van der Waals surface area contributed by atoms with E-state index in [0.717, 1.165) is 27.5 Å². The molecule has 5 heterocycles. The number of carbonyl (C=O) groups excluding carboxylic acids is 1. The highest BCUT2D eigenvalue weighted by Gasteiger charge is 2.34. The Morgan fingerprint density at radius 2 is 2.00 bits per heavy atom. The number of hydrogen-bond acceptors (Lipinski definition) is 7. The molecule has 0 bridgehead atoms. The average Bonchev–Trinajstić information content (AvgIpc) is 3.52. The van der Waals surface area contributed by atoms with E-state index in [2.05, 4.69) is 22.3 Å². The fourth-order valence-electron chi connectivity index (χ4n) is 3.14. The highest BCUT2D eigenvalue weighted by Crippen LogP contribution is 2.36. The first kappa shape index (κ1) is 17.6. The molecule has 0 aliphatic carbocycles. The molecule has 9 heteroatoms. The number of nitrogens with zero attached hydrogens (tertiary/aromatic N) is 5. The normalized spacial score (nSPS) is 16.6. The molecule has 4 aromatic heterocycles. The Morgan fingerprint density at radius 3 is 2.82 bits per heavy atom. The van der Waals surface area contributed by atoms with E-state index < -0.39 is 0 Å². The number of hydrazone groups is 1. The van der Waals surface area contributed by atoms with E-state index in [9.17, 15) is 4.79 Å². The van der Waals surface area contributed by atoms with Crippen molar-refractivity contribution < 1.29 is 4.79 Å². The number of aromatic nitrogens is 3. The number of thiophene rings is 2. The van der Waals surface area contributed by atoms with Crippen LogP contribution in [0.1, 0.15) is 22.2 Å². The lowest BCUT2D eigenvalue weighted by atomic mass is 10.1. The van der Waals surface area contributed by atoms with Crippen LogP contribution in [0.15, 0.2) is 69.7 Å². The fraction of sp³-hybridized carbons (Fsp3) is 0.158. The van der Waals surface area contributed by atoms with Crippen LogP contribution in [0.5, 0.6) is 0 Å². The van der Waals surface area contributed by atoms with Crippen molar-refractivity contribution in [2.45, 2.75) is 17.6 Å². The van der Waals surface area contributed by atoms with E-state index >= 15 is 0 Å². The van der Waals surface area contributed by atoms with Gasteiger partial charge < -0.3 is 0 Å². The minimum absolute atomic E-state index is 0.0253. The van der Waals surface area contributed by atoms with Gasteiger partial charge in [-0.05, 0) is 35.0 Å². The van der Waals surface area contributed by atoms with Crippen LogP contribution >= 0.6 is 34.4 Å². The molecule has 0 saturated heterocycles. The highest BCUT2D eigenvalue weighted by molar-refractivity contribution is 7.99. The number of hydrogen-bond donors (Lipinski definition) is 0. The van der Waals surface area contributed by atoms with Gasteiger partial charge in [0.25, 0.3) is 5.91 Å². The first-order valence-corrected chi connectivity index (χ1v) is 11.4. The molecule has 5 rings (SSSR count). The number of thioether (sulfide) groups is 1. The molecule has 0 N–H and O–H groups in total. The lowest BCUT2D eigenvalue weighted by Gasteiger charge is -2.20.